The van der Waals surface area contributed by atoms with Gasteiger partial charge in [-0.15, -0.1) is 0 Å². The Morgan fingerprint density at radius 3 is 2.76 bits per heavy atom. The first-order valence-corrected chi connectivity index (χ1v) is 8.46. The fraction of sp³-hybridized carbons (Fsp3) is 0.250. The molecule has 1 unspecified atom stereocenters. The molecule has 2 aromatic carbocycles. The van der Waals surface area contributed by atoms with Crippen LogP contribution in [-0.2, 0) is 4.79 Å². The quantitative estimate of drug-likeness (QED) is 0.832. The Balaban J connectivity index is 1.75. The molecule has 1 aliphatic carbocycles. The maximum Gasteiger partial charge on any atom is 0.231 e. The molecule has 3 aliphatic rings. The van der Waals surface area contributed by atoms with Crippen LogP contribution in [0.4, 0.5) is 5.69 Å². The molecule has 0 saturated carbocycles. The minimum Gasteiger partial charge on any atom is -0.508 e. The first-order valence-electron chi connectivity index (χ1n) is 8.46. The molecule has 126 valence electrons. The number of ether oxygens (including phenoxy) is 2. The van der Waals surface area contributed by atoms with E-state index in [-0.39, 0.29) is 24.2 Å². The Hall–Kier alpha value is -2.95. The number of allylic oxidation sites excluding steroid dienone is 2. The lowest BCUT2D eigenvalue weighted by Gasteiger charge is -2.34. The van der Waals surface area contributed by atoms with Crippen LogP contribution < -0.4 is 14.8 Å². The van der Waals surface area contributed by atoms with Gasteiger partial charge in [-0.2, -0.15) is 0 Å². The third-order valence-electron chi connectivity index (χ3n) is 5.09. The topological polar surface area (TPSA) is 67.8 Å². The molecule has 2 aromatic rings. The van der Waals surface area contributed by atoms with Crippen LogP contribution in [0, 0.1) is 0 Å². The number of hydrogen-bond acceptors (Lipinski definition) is 5. The summed E-state index contributed by atoms with van der Waals surface area (Å²) in [5.74, 6) is 1.57. The molecule has 2 heterocycles. The van der Waals surface area contributed by atoms with Crippen LogP contribution in [0.25, 0.3) is 0 Å². The van der Waals surface area contributed by atoms with Crippen molar-refractivity contribution in [1.82, 2.24) is 0 Å². The van der Waals surface area contributed by atoms with Crippen molar-refractivity contribution in [2.24, 2.45) is 0 Å². The lowest BCUT2D eigenvalue weighted by atomic mass is 9.75. The number of phenolic OH excluding ortho intramolecular Hbond substituents is 1. The van der Waals surface area contributed by atoms with Crippen molar-refractivity contribution in [3.63, 3.8) is 0 Å². The number of benzene rings is 2. The van der Waals surface area contributed by atoms with E-state index in [0.29, 0.717) is 17.9 Å². The second-order valence-corrected chi connectivity index (χ2v) is 6.61. The molecule has 5 rings (SSSR count). The number of anilines is 1. The Labute approximate surface area is 144 Å². The summed E-state index contributed by atoms with van der Waals surface area (Å²) in [5, 5.41) is 13.4. The van der Waals surface area contributed by atoms with E-state index in [2.05, 4.69) is 5.32 Å². The van der Waals surface area contributed by atoms with E-state index in [1.165, 1.54) is 0 Å². The van der Waals surface area contributed by atoms with E-state index in [0.717, 1.165) is 40.9 Å². The van der Waals surface area contributed by atoms with Gasteiger partial charge in [0.2, 0.25) is 6.79 Å². The van der Waals surface area contributed by atoms with Crippen LogP contribution in [-0.4, -0.2) is 17.7 Å². The van der Waals surface area contributed by atoms with Gasteiger partial charge in [-0.05, 0) is 42.2 Å². The molecule has 0 fully saturated rings. The van der Waals surface area contributed by atoms with Gasteiger partial charge in [0.15, 0.2) is 17.3 Å². The van der Waals surface area contributed by atoms with Crippen LogP contribution in [0.5, 0.6) is 17.2 Å². The van der Waals surface area contributed by atoms with Crippen molar-refractivity contribution in [3.8, 4) is 17.2 Å². The van der Waals surface area contributed by atoms with Crippen LogP contribution in [0.2, 0.25) is 0 Å². The number of ketones is 1. The van der Waals surface area contributed by atoms with Gasteiger partial charge in [-0.3, -0.25) is 4.79 Å². The summed E-state index contributed by atoms with van der Waals surface area (Å²) in [4.78, 5) is 12.7. The van der Waals surface area contributed by atoms with Crippen LogP contribution >= 0.6 is 0 Å². The van der Waals surface area contributed by atoms with Gasteiger partial charge in [-0.1, -0.05) is 12.1 Å². The van der Waals surface area contributed by atoms with Crippen molar-refractivity contribution in [1.29, 1.82) is 0 Å². The minimum absolute atomic E-state index is 0.172. The first-order chi connectivity index (χ1) is 12.2. The van der Waals surface area contributed by atoms with Gasteiger partial charge in [0.05, 0.1) is 0 Å². The molecule has 0 saturated heterocycles. The van der Waals surface area contributed by atoms with Crippen LogP contribution in [0.1, 0.15) is 36.3 Å². The molecule has 0 amide bonds. The molecule has 0 radical (unpaired) electrons. The molecule has 5 heteroatoms. The van der Waals surface area contributed by atoms with Crippen molar-refractivity contribution < 1.29 is 19.4 Å². The lowest BCUT2D eigenvalue weighted by Crippen LogP contribution is -2.26. The normalized spacial score (nSPS) is 20.8. The van der Waals surface area contributed by atoms with Crippen LogP contribution in [0.15, 0.2) is 47.7 Å². The van der Waals surface area contributed by atoms with Gasteiger partial charge in [-0.25, -0.2) is 0 Å². The third kappa shape index (κ3) is 2.19. The molecule has 2 N–H and O–H groups in total. The Morgan fingerprint density at radius 1 is 1.08 bits per heavy atom. The van der Waals surface area contributed by atoms with Gasteiger partial charge in [0.1, 0.15) is 5.75 Å². The molecule has 0 spiro atoms. The number of phenols is 1. The number of carbonyl (C=O) groups is 1. The van der Waals surface area contributed by atoms with Gasteiger partial charge in [0.25, 0.3) is 0 Å². The van der Waals surface area contributed by atoms with E-state index >= 15 is 0 Å². The van der Waals surface area contributed by atoms with Crippen molar-refractivity contribution in [2.75, 3.05) is 12.1 Å². The number of Topliss-reactive ketones (excluding diaryl/α,β-unsaturated/α-hetero) is 1. The van der Waals surface area contributed by atoms with Crippen molar-refractivity contribution in [2.45, 2.75) is 25.2 Å². The Kier molecular flexibility index (Phi) is 3.04. The number of rotatable bonds is 1. The largest absolute Gasteiger partial charge is 0.508 e. The first kappa shape index (κ1) is 14.4. The molecule has 0 aromatic heterocycles. The zero-order chi connectivity index (χ0) is 17.0. The predicted octanol–water partition coefficient (Wildman–Crippen LogP) is 3.69. The van der Waals surface area contributed by atoms with E-state index < -0.39 is 0 Å². The highest BCUT2D eigenvalue weighted by atomic mass is 16.7. The van der Waals surface area contributed by atoms with E-state index in [1.807, 2.05) is 24.3 Å². The second-order valence-electron chi connectivity index (χ2n) is 6.61. The molecular formula is C20H17NO4. The van der Waals surface area contributed by atoms with Gasteiger partial charge < -0.3 is 19.9 Å². The summed E-state index contributed by atoms with van der Waals surface area (Å²) in [6.45, 7) is 0.209. The fourth-order valence-electron chi connectivity index (χ4n) is 4.00. The average Bonchev–Trinajstić information content (AvgIpc) is 3.05. The van der Waals surface area contributed by atoms with Crippen molar-refractivity contribution in [3.05, 3.63) is 58.8 Å². The SMILES string of the molecule is O=C1CCCC2=C1C(c1cccc(O)c1)c1cc3c(cc1N2)OCO3. The maximum absolute atomic E-state index is 12.7. The minimum atomic E-state index is -0.208. The molecular weight excluding hydrogens is 318 g/mol. The highest BCUT2D eigenvalue weighted by Gasteiger charge is 2.36. The van der Waals surface area contributed by atoms with Crippen molar-refractivity contribution >= 4 is 11.5 Å². The molecule has 5 nitrogen and oxygen atoms in total. The summed E-state index contributed by atoms with van der Waals surface area (Å²) in [7, 11) is 0. The summed E-state index contributed by atoms with van der Waals surface area (Å²) < 4.78 is 11.0. The summed E-state index contributed by atoms with van der Waals surface area (Å²) in [6, 6.07) is 11.0. The van der Waals surface area contributed by atoms with E-state index in [4.69, 9.17) is 9.47 Å². The highest BCUT2D eigenvalue weighted by Crippen LogP contribution is 2.49. The molecule has 1 atom stereocenters. The monoisotopic (exact) mass is 335 g/mol. The lowest BCUT2D eigenvalue weighted by molar-refractivity contribution is -0.116. The summed E-state index contributed by atoms with van der Waals surface area (Å²) in [6.07, 6.45) is 2.28. The zero-order valence-electron chi connectivity index (χ0n) is 13.5. The zero-order valence-corrected chi connectivity index (χ0v) is 13.5. The number of hydrogen-bond donors (Lipinski definition) is 2. The standard InChI is InChI=1S/C20H17NO4/c22-12-4-1-3-11(7-12)19-13-8-17-18(25-10-24-17)9-15(13)21-14-5-2-6-16(23)20(14)19/h1,3-4,7-9,19,21-22H,2,5-6,10H2. The predicted molar refractivity (Wildman–Crippen MR) is 92.0 cm³/mol. The highest BCUT2D eigenvalue weighted by molar-refractivity contribution is 6.01. The summed E-state index contributed by atoms with van der Waals surface area (Å²) in [5.41, 5.74) is 4.61. The third-order valence-corrected chi connectivity index (χ3v) is 5.09. The average molecular weight is 335 g/mol. The Morgan fingerprint density at radius 2 is 1.92 bits per heavy atom. The fourth-order valence-corrected chi connectivity index (χ4v) is 4.00. The number of carbonyl (C=O) groups excluding carboxylic acids is 1. The number of nitrogens with one attached hydrogen (secondary N) is 1. The summed E-state index contributed by atoms with van der Waals surface area (Å²) >= 11 is 0. The second kappa shape index (κ2) is 5.28. The number of fused-ring (bicyclic) bond motifs is 2. The van der Waals surface area contributed by atoms with E-state index in [9.17, 15) is 9.90 Å². The van der Waals surface area contributed by atoms with E-state index in [1.54, 1.807) is 12.1 Å². The molecule has 0 bridgehead atoms. The molecule has 2 aliphatic heterocycles. The Bertz CT molecular complexity index is 931. The molecule has 25 heavy (non-hydrogen) atoms. The van der Waals surface area contributed by atoms with Gasteiger partial charge >= 0.3 is 0 Å². The maximum atomic E-state index is 12.7. The van der Waals surface area contributed by atoms with Crippen LogP contribution in [0.3, 0.4) is 0 Å². The van der Waals surface area contributed by atoms with Gasteiger partial charge in [0, 0.05) is 35.4 Å². The smallest absolute Gasteiger partial charge is 0.231 e. The number of aromatic hydroxyl groups is 1.